The highest BCUT2D eigenvalue weighted by atomic mass is 79.9. The minimum absolute atomic E-state index is 0.0694. The molecule has 0 heterocycles. The van der Waals surface area contributed by atoms with Gasteiger partial charge in [0.25, 0.3) is 0 Å². The zero-order valence-electron chi connectivity index (χ0n) is 14.7. The molecule has 0 saturated carbocycles. The van der Waals surface area contributed by atoms with Crippen LogP contribution in [0.25, 0.3) is 11.1 Å². The SMILES string of the molecule is CCC(C)c1cc(Br)c(-c2ccccc2F)c(C(F)(C(F)(F)F)C(F)(F)F)c1. The molecule has 2 aromatic carbocycles. The smallest absolute Gasteiger partial charge is 0.218 e. The van der Waals surface area contributed by atoms with Crippen LogP contribution < -0.4 is 0 Å². The van der Waals surface area contributed by atoms with Crippen LogP contribution >= 0.6 is 15.9 Å². The lowest BCUT2D eigenvalue weighted by Crippen LogP contribution is -2.50. The lowest BCUT2D eigenvalue weighted by Gasteiger charge is -2.33. The molecule has 0 aliphatic rings. The van der Waals surface area contributed by atoms with E-state index in [-0.39, 0.29) is 10.0 Å². The van der Waals surface area contributed by atoms with Crippen LogP contribution in [0.15, 0.2) is 40.9 Å². The van der Waals surface area contributed by atoms with Gasteiger partial charge in [-0.1, -0.05) is 54.0 Å². The topological polar surface area (TPSA) is 0 Å². The van der Waals surface area contributed by atoms with Gasteiger partial charge in [0.05, 0.1) is 0 Å². The first-order valence-corrected chi connectivity index (χ1v) is 8.96. The van der Waals surface area contributed by atoms with Crippen molar-refractivity contribution in [2.24, 2.45) is 0 Å². The average molecular weight is 475 g/mol. The molecule has 0 amide bonds. The maximum absolute atomic E-state index is 14.9. The molecule has 154 valence electrons. The highest BCUT2D eigenvalue weighted by Crippen LogP contribution is 2.56. The summed E-state index contributed by atoms with van der Waals surface area (Å²) in [6, 6.07) is 6.13. The Morgan fingerprint density at radius 3 is 1.93 bits per heavy atom. The quantitative estimate of drug-likeness (QED) is 0.393. The Morgan fingerprint density at radius 1 is 0.929 bits per heavy atom. The molecule has 1 atom stereocenters. The molecule has 9 heteroatoms. The van der Waals surface area contributed by atoms with Crippen LogP contribution in [0, 0.1) is 5.82 Å². The Bertz CT molecular complexity index is 840. The van der Waals surface area contributed by atoms with E-state index in [9.17, 15) is 35.1 Å². The van der Waals surface area contributed by atoms with Gasteiger partial charge in [0, 0.05) is 21.2 Å². The molecule has 0 saturated heterocycles. The lowest BCUT2D eigenvalue weighted by molar-refractivity contribution is -0.348. The zero-order valence-corrected chi connectivity index (χ0v) is 16.2. The molecule has 28 heavy (non-hydrogen) atoms. The predicted octanol–water partition coefficient (Wildman–Crippen LogP) is 8.06. The van der Waals surface area contributed by atoms with Crippen LogP contribution in [0.1, 0.15) is 37.3 Å². The summed E-state index contributed by atoms with van der Waals surface area (Å²) in [7, 11) is 0. The number of hydrogen-bond donors (Lipinski definition) is 0. The highest BCUT2D eigenvalue weighted by molar-refractivity contribution is 9.10. The molecular weight excluding hydrogens is 460 g/mol. The van der Waals surface area contributed by atoms with Gasteiger partial charge in [-0.2, -0.15) is 26.3 Å². The lowest BCUT2D eigenvalue weighted by atomic mass is 9.83. The molecule has 0 nitrogen and oxygen atoms in total. The van der Waals surface area contributed by atoms with Gasteiger partial charge in [0.1, 0.15) is 5.82 Å². The van der Waals surface area contributed by atoms with E-state index in [0.717, 1.165) is 12.1 Å². The van der Waals surface area contributed by atoms with Crippen molar-refractivity contribution in [3.05, 3.63) is 57.8 Å². The maximum Gasteiger partial charge on any atom is 0.435 e. The second kappa shape index (κ2) is 7.65. The van der Waals surface area contributed by atoms with E-state index in [1.54, 1.807) is 13.8 Å². The summed E-state index contributed by atoms with van der Waals surface area (Å²) in [5.41, 5.74) is -8.70. The molecule has 0 aromatic heterocycles. The van der Waals surface area contributed by atoms with Gasteiger partial charge in [-0.05, 0) is 30.0 Å². The molecule has 0 spiro atoms. The Labute approximate surface area is 164 Å². The third kappa shape index (κ3) is 3.77. The Kier molecular flexibility index (Phi) is 6.19. The van der Waals surface area contributed by atoms with Crippen LogP contribution in [-0.2, 0) is 5.67 Å². The standard InChI is InChI=1S/C19H15BrF8/c1-3-10(2)11-8-13(17(22,18(23,24)25)19(26,27)28)16(14(20)9-11)12-6-4-5-7-15(12)21/h4-10H,3H2,1-2H3. The third-order valence-corrected chi connectivity index (χ3v) is 5.21. The fourth-order valence-corrected chi connectivity index (χ4v) is 3.51. The fraction of sp³-hybridized carbons (Fsp3) is 0.368. The molecular formula is C19H15BrF8. The van der Waals surface area contributed by atoms with Crippen molar-refractivity contribution in [3.8, 4) is 11.1 Å². The minimum atomic E-state index is -6.31. The molecule has 0 aliphatic carbocycles. The Hall–Kier alpha value is -1.64. The summed E-state index contributed by atoms with van der Waals surface area (Å²) in [6.07, 6.45) is -12.2. The van der Waals surface area contributed by atoms with Crippen molar-refractivity contribution in [1.82, 2.24) is 0 Å². The average Bonchev–Trinajstić information content (AvgIpc) is 2.58. The van der Waals surface area contributed by atoms with E-state index >= 15 is 0 Å². The Morgan fingerprint density at radius 2 is 1.46 bits per heavy atom. The predicted molar refractivity (Wildman–Crippen MR) is 93.1 cm³/mol. The summed E-state index contributed by atoms with van der Waals surface area (Å²) in [5, 5.41) is 0. The largest absolute Gasteiger partial charge is 0.435 e. The first kappa shape index (κ1) is 22.6. The molecule has 1 unspecified atom stereocenters. The summed E-state index contributed by atoms with van der Waals surface area (Å²) in [6.45, 7) is 3.26. The molecule has 0 radical (unpaired) electrons. The van der Waals surface area contributed by atoms with Crippen molar-refractivity contribution in [3.63, 3.8) is 0 Å². The van der Waals surface area contributed by atoms with Crippen molar-refractivity contribution in [2.45, 2.75) is 44.2 Å². The molecule has 0 N–H and O–H groups in total. The van der Waals surface area contributed by atoms with E-state index in [1.165, 1.54) is 18.2 Å². The first-order chi connectivity index (χ1) is 12.8. The van der Waals surface area contributed by atoms with Gasteiger partial charge < -0.3 is 0 Å². The van der Waals surface area contributed by atoms with E-state index in [0.29, 0.717) is 12.5 Å². The Balaban J connectivity index is 3.01. The van der Waals surface area contributed by atoms with Gasteiger partial charge in [-0.15, -0.1) is 0 Å². The van der Waals surface area contributed by atoms with Crippen molar-refractivity contribution in [1.29, 1.82) is 0 Å². The van der Waals surface area contributed by atoms with Crippen LogP contribution in [0.4, 0.5) is 35.1 Å². The molecule has 0 aliphatic heterocycles. The van der Waals surface area contributed by atoms with Crippen molar-refractivity contribution in [2.75, 3.05) is 0 Å². The summed E-state index contributed by atoms with van der Waals surface area (Å²) in [5.74, 6) is -1.53. The van der Waals surface area contributed by atoms with Gasteiger partial charge in [-0.3, -0.25) is 0 Å². The van der Waals surface area contributed by atoms with Crippen molar-refractivity contribution < 1.29 is 35.1 Å². The van der Waals surface area contributed by atoms with E-state index in [4.69, 9.17) is 0 Å². The molecule has 0 bridgehead atoms. The molecule has 2 aromatic rings. The summed E-state index contributed by atoms with van der Waals surface area (Å²) < 4.78 is 109. The number of alkyl halides is 7. The number of rotatable bonds is 4. The monoisotopic (exact) mass is 474 g/mol. The van der Waals surface area contributed by atoms with Gasteiger partial charge in [0.2, 0.25) is 0 Å². The number of halogens is 9. The minimum Gasteiger partial charge on any atom is -0.218 e. The van der Waals surface area contributed by atoms with E-state index in [1.807, 2.05) is 0 Å². The first-order valence-electron chi connectivity index (χ1n) is 8.16. The number of hydrogen-bond acceptors (Lipinski definition) is 0. The van der Waals surface area contributed by atoms with Crippen molar-refractivity contribution >= 4 is 15.9 Å². The second-order valence-electron chi connectivity index (χ2n) is 6.37. The van der Waals surface area contributed by atoms with Crippen LogP contribution in [-0.4, -0.2) is 12.4 Å². The third-order valence-electron chi connectivity index (χ3n) is 4.59. The van der Waals surface area contributed by atoms with Crippen LogP contribution in [0.3, 0.4) is 0 Å². The molecule has 0 fully saturated rings. The maximum atomic E-state index is 14.9. The van der Waals surface area contributed by atoms with Crippen LogP contribution in [0.5, 0.6) is 0 Å². The van der Waals surface area contributed by atoms with E-state index < -0.39 is 46.4 Å². The number of benzene rings is 2. The van der Waals surface area contributed by atoms with Crippen LogP contribution in [0.2, 0.25) is 0 Å². The highest BCUT2D eigenvalue weighted by Gasteiger charge is 2.74. The fourth-order valence-electron chi connectivity index (χ4n) is 2.82. The molecule has 2 rings (SSSR count). The van der Waals surface area contributed by atoms with Gasteiger partial charge >= 0.3 is 18.0 Å². The van der Waals surface area contributed by atoms with E-state index in [2.05, 4.69) is 15.9 Å². The summed E-state index contributed by atoms with van der Waals surface area (Å²) in [4.78, 5) is 0. The second-order valence-corrected chi connectivity index (χ2v) is 7.22. The summed E-state index contributed by atoms with van der Waals surface area (Å²) >= 11 is 2.92. The normalized spacial score (nSPS) is 14.2. The zero-order chi connectivity index (χ0) is 21.5. The van der Waals surface area contributed by atoms with Gasteiger partial charge in [0.15, 0.2) is 0 Å². The van der Waals surface area contributed by atoms with Gasteiger partial charge in [-0.25, -0.2) is 8.78 Å².